The Hall–Kier alpha value is -2.75. The summed E-state index contributed by atoms with van der Waals surface area (Å²) in [5, 5.41) is 19.9. The smallest absolute Gasteiger partial charge is 0.142 e. The quantitative estimate of drug-likeness (QED) is 0.712. The van der Waals surface area contributed by atoms with Crippen LogP contribution < -0.4 is 10.9 Å². The monoisotopic (exact) mass is 318 g/mol. The van der Waals surface area contributed by atoms with E-state index in [1.165, 1.54) is 42.5 Å². The average Bonchev–Trinajstić information content (AvgIpc) is 2.53. The number of hydrogen-bond acceptors (Lipinski definition) is 2. The van der Waals surface area contributed by atoms with E-state index in [2.05, 4.69) is 0 Å². The lowest BCUT2D eigenvalue weighted by Crippen LogP contribution is -2.04. The molecule has 0 aliphatic carbocycles. The van der Waals surface area contributed by atoms with Crippen LogP contribution in [0.3, 0.4) is 0 Å². The Kier molecular flexibility index (Phi) is 4.06. The fourth-order valence-electron chi connectivity index (χ4n) is 2.53. The zero-order valence-corrected chi connectivity index (χ0v) is 12.4. The van der Waals surface area contributed by atoms with Gasteiger partial charge in [0.05, 0.1) is 5.56 Å². The predicted octanol–water partition coefficient (Wildman–Crippen LogP) is 2.30. The highest BCUT2D eigenvalue weighted by atomic mass is 19.1. The van der Waals surface area contributed by atoms with E-state index < -0.39 is 17.2 Å². The van der Waals surface area contributed by atoms with Gasteiger partial charge in [0.2, 0.25) is 0 Å². The third-order valence-corrected chi connectivity index (χ3v) is 3.69. The van der Waals surface area contributed by atoms with E-state index in [1.54, 1.807) is 0 Å². The van der Waals surface area contributed by atoms with Gasteiger partial charge in [-0.05, 0) is 24.3 Å². The maximum atomic E-state index is 15.0. The fourth-order valence-corrected chi connectivity index (χ4v) is 2.53. The van der Waals surface area contributed by atoms with Crippen molar-refractivity contribution in [1.82, 2.24) is 0 Å². The summed E-state index contributed by atoms with van der Waals surface area (Å²) in [6.45, 7) is 0. The van der Waals surface area contributed by atoms with Crippen LogP contribution in [0.25, 0.3) is 22.3 Å². The highest BCUT2D eigenvalue weighted by Crippen LogP contribution is 2.38. The van der Waals surface area contributed by atoms with Crippen molar-refractivity contribution in [2.75, 3.05) is 0 Å². The highest BCUT2D eigenvalue weighted by Gasteiger charge is 2.20. The van der Waals surface area contributed by atoms with Gasteiger partial charge in [-0.1, -0.05) is 35.2 Å². The lowest BCUT2D eigenvalue weighted by molar-refractivity contribution is 0.475. The number of benzene rings is 3. The minimum absolute atomic E-state index is 0.0435. The van der Waals surface area contributed by atoms with Gasteiger partial charge >= 0.3 is 0 Å². The van der Waals surface area contributed by atoms with Crippen molar-refractivity contribution in [3.63, 3.8) is 0 Å². The number of rotatable bonds is 2. The van der Waals surface area contributed by atoms with Crippen molar-refractivity contribution >= 4 is 26.6 Å². The Balaban J connectivity index is 2.30. The van der Waals surface area contributed by atoms with Crippen LogP contribution in [0.1, 0.15) is 0 Å². The third-order valence-electron chi connectivity index (χ3n) is 3.69. The molecule has 0 bridgehead atoms. The van der Waals surface area contributed by atoms with Gasteiger partial charge in [0.25, 0.3) is 0 Å². The van der Waals surface area contributed by atoms with Gasteiger partial charge in [0.15, 0.2) is 0 Å². The second-order valence-corrected chi connectivity index (χ2v) is 5.34. The second kappa shape index (κ2) is 6.04. The summed E-state index contributed by atoms with van der Waals surface area (Å²) < 4.78 is 29.2. The lowest BCUT2D eigenvalue weighted by atomic mass is 9.88. The van der Waals surface area contributed by atoms with Crippen LogP contribution in [0.2, 0.25) is 0 Å². The molecule has 0 aliphatic rings. The molecule has 4 radical (unpaired) electrons. The van der Waals surface area contributed by atoms with Crippen molar-refractivity contribution in [3.8, 4) is 33.8 Å². The molecule has 0 saturated carbocycles. The first-order chi connectivity index (χ1) is 11.4. The Morgan fingerprint density at radius 2 is 1.21 bits per heavy atom. The van der Waals surface area contributed by atoms with Crippen LogP contribution in [0.4, 0.5) is 8.78 Å². The molecule has 0 atom stereocenters. The van der Waals surface area contributed by atoms with Gasteiger partial charge in [-0.3, -0.25) is 0 Å². The van der Waals surface area contributed by atoms with Crippen LogP contribution in [0.15, 0.2) is 48.5 Å². The van der Waals surface area contributed by atoms with E-state index in [0.29, 0.717) is 5.46 Å². The maximum absolute atomic E-state index is 15.0. The maximum Gasteiger partial charge on any atom is 0.142 e. The van der Waals surface area contributed by atoms with Crippen molar-refractivity contribution in [2.24, 2.45) is 0 Å². The first-order valence-electron chi connectivity index (χ1n) is 7.04. The minimum Gasteiger partial charge on any atom is -0.507 e. The van der Waals surface area contributed by atoms with E-state index in [0.717, 1.165) is 6.07 Å². The normalized spacial score (nSPS) is 10.8. The molecule has 114 valence electrons. The number of halogens is 2. The molecule has 0 saturated heterocycles. The summed E-state index contributed by atoms with van der Waals surface area (Å²) in [6, 6.07) is 10.4. The van der Waals surface area contributed by atoms with Crippen molar-refractivity contribution < 1.29 is 19.0 Å². The van der Waals surface area contributed by atoms with Crippen LogP contribution >= 0.6 is 0 Å². The van der Waals surface area contributed by atoms with Crippen LogP contribution in [-0.2, 0) is 0 Å². The van der Waals surface area contributed by atoms with E-state index in [9.17, 15) is 19.0 Å². The molecule has 6 heteroatoms. The molecule has 24 heavy (non-hydrogen) atoms. The van der Waals surface area contributed by atoms with Crippen LogP contribution in [-0.4, -0.2) is 25.9 Å². The molecule has 0 amide bonds. The van der Waals surface area contributed by atoms with E-state index >= 15 is 0 Å². The Morgan fingerprint density at radius 1 is 0.667 bits per heavy atom. The first-order valence-corrected chi connectivity index (χ1v) is 7.04. The average molecular weight is 318 g/mol. The molecule has 0 aromatic heterocycles. The second-order valence-electron chi connectivity index (χ2n) is 5.34. The Morgan fingerprint density at radius 3 is 1.83 bits per heavy atom. The molecule has 3 aromatic carbocycles. The standard InChI is InChI=1S/C18H10B2F2O2/c19-9-1-5-15(23)12(7-9)11-3-4-14(21)17(18(11)22)13-8-10(20)2-6-16(13)24/h1-8,23-24H. The number of phenols is 2. The SMILES string of the molecule is [B]c1ccc(O)c(-c2ccc(F)c(-c3cc([B])ccc3O)c2F)c1. The molecule has 0 unspecified atom stereocenters. The molecule has 3 aromatic rings. The topological polar surface area (TPSA) is 40.5 Å². The van der Waals surface area contributed by atoms with Gasteiger partial charge in [0.1, 0.15) is 38.8 Å². The van der Waals surface area contributed by atoms with Gasteiger partial charge in [-0.25, -0.2) is 8.78 Å². The largest absolute Gasteiger partial charge is 0.507 e. The fraction of sp³-hybridized carbons (Fsp3) is 0. The van der Waals surface area contributed by atoms with Crippen molar-refractivity contribution in [1.29, 1.82) is 0 Å². The van der Waals surface area contributed by atoms with E-state index in [-0.39, 0.29) is 33.7 Å². The summed E-state index contributed by atoms with van der Waals surface area (Å²) in [4.78, 5) is 0. The zero-order chi connectivity index (χ0) is 17.4. The van der Waals surface area contributed by atoms with Gasteiger partial charge in [-0.2, -0.15) is 0 Å². The molecule has 0 aliphatic heterocycles. The summed E-state index contributed by atoms with van der Waals surface area (Å²) in [5.74, 6) is -2.30. The number of phenolic OH excluding ortho intramolecular Hbond substituents is 2. The van der Waals surface area contributed by atoms with Gasteiger partial charge in [-0.15, -0.1) is 0 Å². The van der Waals surface area contributed by atoms with E-state index in [1.807, 2.05) is 0 Å². The molecule has 0 heterocycles. The van der Waals surface area contributed by atoms with Crippen LogP contribution in [0.5, 0.6) is 11.5 Å². The third kappa shape index (κ3) is 2.75. The summed E-state index contributed by atoms with van der Waals surface area (Å²) >= 11 is 0. The molecular formula is C18H10B2F2O2. The molecule has 0 fully saturated rings. The molecule has 2 N–H and O–H groups in total. The molecule has 0 spiro atoms. The highest BCUT2D eigenvalue weighted by molar-refractivity contribution is 6.33. The predicted molar refractivity (Wildman–Crippen MR) is 91.3 cm³/mol. The minimum atomic E-state index is -0.934. The molecule has 2 nitrogen and oxygen atoms in total. The van der Waals surface area contributed by atoms with Crippen molar-refractivity contribution in [2.45, 2.75) is 0 Å². The zero-order valence-electron chi connectivity index (χ0n) is 12.4. The van der Waals surface area contributed by atoms with E-state index in [4.69, 9.17) is 15.7 Å². The van der Waals surface area contributed by atoms with Gasteiger partial charge in [0, 0.05) is 16.7 Å². The van der Waals surface area contributed by atoms with Crippen LogP contribution in [0, 0.1) is 11.6 Å². The Bertz CT molecular complexity index is 943. The summed E-state index contributed by atoms with van der Waals surface area (Å²) in [7, 11) is 11.3. The molecular weight excluding hydrogens is 308 g/mol. The molecule has 3 rings (SSSR count). The van der Waals surface area contributed by atoms with Crippen molar-refractivity contribution in [3.05, 3.63) is 60.2 Å². The van der Waals surface area contributed by atoms with Gasteiger partial charge < -0.3 is 10.2 Å². The summed E-state index contributed by atoms with van der Waals surface area (Å²) in [5.41, 5.74) is 0.142. The lowest BCUT2D eigenvalue weighted by Gasteiger charge is -2.13. The number of hydrogen-bond donors (Lipinski definition) is 2. The first kappa shape index (κ1) is 16.1. The Labute approximate surface area is 140 Å². The number of aromatic hydroxyl groups is 2. The summed E-state index contributed by atoms with van der Waals surface area (Å²) in [6.07, 6.45) is 0.